The molecule has 7 heteroatoms. The lowest BCUT2D eigenvalue weighted by Gasteiger charge is -2.11. The van der Waals surface area contributed by atoms with Crippen LogP contribution < -0.4 is 5.32 Å². The van der Waals surface area contributed by atoms with Gasteiger partial charge in [-0.25, -0.2) is 4.39 Å². The Labute approximate surface area is 136 Å². The van der Waals surface area contributed by atoms with Gasteiger partial charge in [-0.05, 0) is 30.3 Å². The summed E-state index contributed by atoms with van der Waals surface area (Å²) in [5.41, 5.74) is 2.21. The van der Waals surface area contributed by atoms with Gasteiger partial charge in [0.2, 0.25) is 0 Å². The van der Waals surface area contributed by atoms with Crippen molar-refractivity contribution in [3.8, 4) is 0 Å². The number of anilines is 1. The molecule has 3 rings (SSSR count). The van der Waals surface area contributed by atoms with Gasteiger partial charge >= 0.3 is 0 Å². The van der Waals surface area contributed by atoms with E-state index in [9.17, 15) is 14.5 Å². The molecular formula is C16H11ClFN3O2. The summed E-state index contributed by atoms with van der Waals surface area (Å²) in [6, 6.07) is 11.2. The third-order valence-electron chi connectivity index (χ3n) is 3.33. The van der Waals surface area contributed by atoms with Gasteiger partial charge in [0.05, 0.1) is 17.2 Å². The average Bonchev–Trinajstić information content (AvgIpc) is 2.66. The van der Waals surface area contributed by atoms with Crippen LogP contribution in [0, 0.1) is 15.9 Å². The highest BCUT2D eigenvalue weighted by Gasteiger charge is 2.20. The molecule has 0 aromatic heterocycles. The maximum atomic E-state index is 14.2. The fraction of sp³-hybridized carbons (Fsp3) is 0.0625. The fourth-order valence-electron chi connectivity index (χ4n) is 2.37. The number of nitrogens with zero attached hydrogens (tertiary/aromatic N) is 2. The zero-order valence-electron chi connectivity index (χ0n) is 11.8. The number of fused-ring (bicyclic) bond motifs is 1. The first-order valence-corrected chi connectivity index (χ1v) is 7.13. The molecule has 1 heterocycles. The van der Waals surface area contributed by atoms with Crippen LogP contribution in [0.1, 0.15) is 11.1 Å². The van der Waals surface area contributed by atoms with Gasteiger partial charge in [-0.3, -0.25) is 15.1 Å². The number of nitrogens with one attached hydrogen (secondary N) is 1. The van der Waals surface area contributed by atoms with Crippen molar-refractivity contribution < 1.29 is 9.31 Å². The molecule has 0 radical (unpaired) electrons. The Morgan fingerprint density at radius 1 is 1.26 bits per heavy atom. The summed E-state index contributed by atoms with van der Waals surface area (Å²) in [4.78, 5) is 14.5. The van der Waals surface area contributed by atoms with Crippen molar-refractivity contribution in [3.05, 3.63) is 86.4 Å². The number of halogens is 2. The van der Waals surface area contributed by atoms with Gasteiger partial charge in [0, 0.05) is 21.8 Å². The zero-order valence-corrected chi connectivity index (χ0v) is 12.5. The summed E-state index contributed by atoms with van der Waals surface area (Å²) < 4.78 is 14.2. The molecule has 2 aromatic rings. The Hall–Kier alpha value is -2.73. The summed E-state index contributed by atoms with van der Waals surface area (Å²) in [5.74, 6) is -0.418. The minimum absolute atomic E-state index is 0.0386. The van der Waals surface area contributed by atoms with Crippen molar-refractivity contribution >= 4 is 23.0 Å². The Bertz CT molecular complexity index is 849. The summed E-state index contributed by atoms with van der Waals surface area (Å²) in [5, 5.41) is 14.1. The van der Waals surface area contributed by atoms with Gasteiger partial charge in [0.1, 0.15) is 11.5 Å². The molecule has 0 fully saturated rings. The van der Waals surface area contributed by atoms with Gasteiger partial charge in [-0.15, -0.1) is 0 Å². The summed E-state index contributed by atoms with van der Waals surface area (Å²) in [7, 11) is 0. The SMILES string of the molecule is O=[N+]([O-])/C=[13C]1\CN=C(c2ccccc2F)c2cc(Cl)ccc2N1. The smallest absolute Gasteiger partial charge is 0.255 e. The van der Waals surface area contributed by atoms with Gasteiger partial charge < -0.3 is 5.32 Å². The molecule has 0 unspecified atom stereocenters. The van der Waals surface area contributed by atoms with Crippen LogP contribution in [0.25, 0.3) is 0 Å². The number of benzene rings is 2. The van der Waals surface area contributed by atoms with E-state index >= 15 is 0 Å². The van der Waals surface area contributed by atoms with E-state index in [0.717, 1.165) is 6.20 Å². The highest BCUT2D eigenvalue weighted by atomic mass is 35.5. The summed E-state index contributed by atoms with van der Waals surface area (Å²) in [6.45, 7) is 0.0386. The van der Waals surface area contributed by atoms with Crippen LogP contribution in [0.2, 0.25) is 5.02 Å². The molecule has 0 saturated carbocycles. The van der Waals surface area contributed by atoms with E-state index in [4.69, 9.17) is 11.6 Å². The molecular weight excluding hydrogens is 322 g/mol. The molecule has 1 aliphatic rings. The predicted molar refractivity (Wildman–Crippen MR) is 87.1 cm³/mol. The number of hydrogen-bond acceptors (Lipinski definition) is 4. The normalized spacial score (nSPS) is 15.4. The first-order chi connectivity index (χ1) is 11.0. The van der Waals surface area contributed by atoms with Crippen molar-refractivity contribution in [2.45, 2.75) is 0 Å². The average molecular weight is 333 g/mol. The fourth-order valence-corrected chi connectivity index (χ4v) is 2.54. The minimum Gasteiger partial charge on any atom is -0.352 e. The van der Waals surface area contributed by atoms with E-state index in [1.54, 1.807) is 36.4 Å². The maximum absolute atomic E-state index is 14.2. The van der Waals surface area contributed by atoms with Crippen molar-refractivity contribution in [2.24, 2.45) is 4.99 Å². The van der Waals surface area contributed by atoms with E-state index in [1.807, 2.05) is 0 Å². The van der Waals surface area contributed by atoms with Crippen LogP contribution in [0.15, 0.2) is 59.4 Å². The summed E-state index contributed by atoms with van der Waals surface area (Å²) >= 11 is 6.04. The highest BCUT2D eigenvalue weighted by molar-refractivity contribution is 6.31. The number of hydrogen-bond donors (Lipinski definition) is 1. The molecule has 2 aromatic carbocycles. The lowest BCUT2D eigenvalue weighted by Crippen LogP contribution is -2.07. The number of nitro groups is 1. The van der Waals surface area contributed by atoms with Crippen LogP contribution >= 0.6 is 11.6 Å². The molecule has 0 atom stereocenters. The van der Waals surface area contributed by atoms with Gasteiger partial charge in [0.15, 0.2) is 0 Å². The molecule has 1 aliphatic heterocycles. The quantitative estimate of drug-likeness (QED) is 0.516. The van der Waals surface area contributed by atoms with Gasteiger partial charge in [0.25, 0.3) is 6.20 Å². The topological polar surface area (TPSA) is 67.5 Å². The molecule has 0 spiro atoms. The van der Waals surface area contributed by atoms with Crippen molar-refractivity contribution in [3.63, 3.8) is 0 Å². The van der Waals surface area contributed by atoms with Crippen molar-refractivity contribution in [1.82, 2.24) is 0 Å². The lowest BCUT2D eigenvalue weighted by atomic mass is 10.0. The van der Waals surface area contributed by atoms with Gasteiger partial charge in [-0.2, -0.15) is 0 Å². The second kappa shape index (κ2) is 6.18. The Balaban J connectivity index is 2.19. The first kappa shape index (κ1) is 15.2. The number of aliphatic imine (C=N–C) groups is 1. The zero-order chi connectivity index (χ0) is 16.4. The van der Waals surface area contributed by atoms with Gasteiger partial charge in [-0.1, -0.05) is 23.7 Å². The van der Waals surface area contributed by atoms with E-state index in [-0.39, 0.29) is 6.54 Å². The predicted octanol–water partition coefficient (Wildman–Crippen LogP) is 3.86. The molecule has 0 saturated heterocycles. The molecule has 0 amide bonds. The third kappa shape index (κ3) is 3.22. The first-order valence-electron chi connectivity index (χ1n) is 6.75. The van der Waals surface area contributed by atoms with Crippen LogP contribution in [0.3, 0.4) is 0 Å². The van der Waals surface area contributed by atoms with E-state index in [2.05, 4.69) is 10.3 Å². The second-order valence-corrected chi connectivity index (χ2v) is 5.34. The van der Waals surface area contributed by atoms with E-state index < -0.39 is 10.7 Å². The largest absolute Gasteiger partial charge is 0.352 e. The number of benzodiazepines with no additional fused rings is 1. The van der Waals surface area contributed by atoms with Crippen molar-refractivity contribution in [2.75, 3.05) is 11.9 Å². The second-order valence-electron chi connectivity index (χ2n) is 4.90. The summed E-state index contributed by atoms with van der Waals surface area (Å²) in [6.07, 6.45) is 0.853. The molecule has 23 heavy (non-hydrogen) atoms. The van der Waals surface area contributed by atoms with E-state index in [0.29, 0.717) is 33.2 Å². The molecule has 5 nitrogen and oxygen atoms in total. The Morgan fingerprint density at radius 3 is 2.78 bits per heavy atom. The van der Waals surface area contributed by atoms with Crippen LogP contribution in [0.4, 0.5) is 10.1 Å². The van der Waals surface area contributed by atoms with Crippen LogP contribution in [-0.2, 0) is 0 Å². The maximum Gasteiger partial charge on any atom is 0.255 e. The van der Waals surface area contributed by atoms with Crippen molar-refractivity contribution in [1.29, 1.82) is 0 Å². The van der Waals surface area contributed by atoms with Crippen LogP contribution in [0.5, 0.6) is 0 Å². The molecule has 0 bridgehead atoms. The lowest BCUT2D eigenvalue weighted by molar-refractivity contribution is -0.403. The molecule has 0 aliphatic carbocycles. The van der Waals surface area contributed by atoms with Crippen LogP contribution in [-0.4, -0.2) is 17.2 Å². The Morgan fingerprint density at radius 2 is 2.04 bits per heavy atom. The monoisotopic (exact) mass is 332 g/mol. The minimum atomic E-state index is -0.554. The third-order valence-corrected chi connectivity index (χ3v) is 3.56. The van der Waals surface area contributed by atoms with E-state index in [1.165, 1.54) is 6.07 Å². The number of rotatable bonds is 2. The highest BCUT2D eigenvalue weighted by Crippen LogP contribution is 2.28. The molecule has 1 N–H and O–H groups in total. The standard InChI is InChI=1S/C16H11ClFN3O2/c17-10-5-6-15-13(7-10)16(12-3-1-2-4-14(12)18)19-8-11(20-15)9-21(22)23/h1-7,9,20H,8H2/b11-9+/i11+1. The molecule has 116 valence electrons. The Kier molecular flexibility index (Phi) is 4.08.